The van der Waals surface area contributed by atoms with E-state index in [1.54, 1.807) is 14.0 Å². The molecule has 9 heteroatoms. The number of carbonyl (C=O) groups is 1. The van der Waals surface area contributed by atoms with E-state index in [0.717, 1.165) is 14.8 Å². The Kier molecular flexibility index (Phi) is 4.75. The maximum Gasteiger partial charge on any atom is 0.262 e. The van der Waals surface area contributed by atoms with Crippen molar-refractivity contribution in [3.8, 4) is 0 Å². The minimum atomic E-state index is -0.108. The second-order valence-corrected chi connectivity index (χ2v) is 8.81. The first-order chi connectivity index (χ1) is 11.3. The largest absolute Gasteiger partial charge is 0.301 e. The van der Waals surface area contributed by atoms with Gasteiger partial charge in [-0.3, -0.25) is 14.2 Å². The molecule has 0 unspecified atom stereocenters. The van der Waals surface area contributed by atoms with Crippen LogP contribution in [0, 0.1) is 20.8 Å². The van der Waals surface area contributed by atoms with E-state index in [9.17, 15) is 9.59 Å². The number of carbonyl (C=O) groups excluding carboxylic acids is 1. The number of aromatic nitrogens is 3. The fourth-order valence-corrected chi connectivity index (χ4v) is 4.86. The van der Waals surface area contributed by atoms with Crippen LogP contribution >= 0.6 is 34.4 Å². The van der Waals surface area contributed by atoms with Gasteiger partial charge < -0.3 is 5.32 Å². The third-order valence-electron chi connectivity index (χ3n) is 3.59. The predicted octanol–water partition coefficient (Wildman–Crippen LogP) is 3.11. The van der Waals surface area contributed by atoms with Crippen molar-refractivity contribution in [3.05, 3.63) is 32.8 Å². The van der Waals surface area contributed by atoms with Gasteiger partial charge in [0.05, 0.1) is 21.0 Å². The summed E-state index contributed by atoms with van der Waals surface area (Å²) in [5, 5.41) is 4.03. The Bertz CT molecular complexity index is 967. The number of amides is 1. The maximum absolute atomic E-state index is 12.2. The van der Waals surface area contributed by atoms with Crippen LogP contribution in [0.2, 0.25) is 0 Å². The molecule has 0 bridgehead atoms. The number of rotatable bonds is 4. The lowest BCUT2D eigenvalue weighted by molar-refractivity contribution is -0.113. The SMILES string of the molecule is Cc1nc(NC(=O)CSc2cc3c(=O)n(C)c(C)nc3s2)sc1C. The number of fused-ring (bicyclic) bond motifs is 1. The van der Waals surface area contributed by atoms with Gasteiger partial charge in [-0.15, -0.1) is 34.4 Å². The molecular weight excluding hydrogens is 364 g/mol. The molecule has 1 N–H and O–H groups in total. The Morgan fingerprint density at radius 1 is 1.29 bits per heavy atom. The van der Waals surface area contributed by atoms with E-state index in [1.165, 1.54) is 39.0 Å². The van der Waals surface area contributed by atoms with Crippen LogP contribution in [0.15, 0.2) is 15.1 Å². The average molecular weight is 381 g/mol. The number of thiazole rings is 1. The molecule has 0 atom stereocenters. The van der Waals surface area contributed by atoms with Gasteiger partial charge in [-0.2, -0.15) is 0 Å². The molecule has 0 aliphatic rings. The summed E-state index contributed by atoms with van der Waals surface area (Å²) < 4.78 is 2.44. The molecular formula is C15H16N4O2S3. The van der Waals surface area contributed by atoms with Crippen molar-refractivity contribution in [2.45, 2.75) is 25.0 Å². The Balaban J connectivity index is 1.70. The first-order valence-electron chi connectivity index (χ1n) is 7.19. The molecule has 3 rings (SSSR count). The molecule has 0 spiro atoms. The van der Waals surface area contributed by atoms with Crippen molar-refractivity contribution in [3.63, 3.8) is 0 Å². The van der Waals surface area contributed by atoms with E-state index in [0.29, 0.717) is 21.2 Å². The van der Waals surface area contributed by atoms with Crippen molar-refractivity contribution in [2.75, 3.05) is 11.1 Å². The van der Waals surface area contributed by atoms with Crippen LogP contribution < -0.4 is 10.9 Å². The van der Waals surface area contributed by atoms with Gasteiger partial charge in [-0.05, 0) is 26.8 Å². The molecule has 3 heterocycles. The van der Waals surface area contributed by atoms with Crippen LogP contribution in [-0.4, -0.2) is 26.2 Å². The summed E-state index contributed by atoms with van der Waals surface area (Å²) >= 11 is 4.30. The van der Waals surface area contributed by atoms with E-state index in [-0.39, 0.29) is 17.2 Å². The lowest BCUT2D eigenvalue weighted by Gasteiger charge is -2.00. The third kappa shape index (κ3) is 3.38. The molecule has 3 aromatic rings. The van der Waals surface area contributed by atoms with E-state index < -0.39 is 0 Å². The van der Waals surface area contributed by atoms with Gasteiger partial charge in [0, 0.05) is 11.9 Å². The van der Waals surface area contributed by atoms with Crippen LogP contribution in [0.3, 0.4) is 0 Å². The van der Waals surface area contributed by atoms with Crippen LogP contribution in [-0.2, 0) is 11.8 Å². The Labute approximate surface area is 151 Å². The fourth-order valence-electron chi connectivity index (χ4n) is 2.03. The second-order valence-electron chi connectivity index (χ2n) is 5.30. The van der Waals surface area contributed by atoms with Gasteiger partial charge in [0.1, 0.15) is 10.7 Å². The van der Waals surface area contributed by atoms with Crippen LogP contribution in [0.1, 0.15) is 16.4 Å². The van der Waals surface area contributed by atoms with Gasteiger partial charge in [0.2, 0.25) is 5.91 Å². The molecule has 0 fully saturated rings. The Morgan fingerprint density at radius 2 is 2.04 bits per heavy atom. The van der Waals surface area contributed by atoms with Crippen LogP contribution in [0.4, 0.5) is 5.13 Å². The maximum atomic E-state index is 12.2. The average Bonchev–Trinajstić information content (AvgIpc) is 3.06. The molecule has 0 saturated heterocycles. The van der Waals surface area contributed by atoms with E-state index in [2.05, 4.69) is 15.3 Å². The first kappa shape index (κ1) is 17.1. The van der Waals surface area contributed by atoms with Crippen molar-refractivity contribution in [1.82, 2.24) is 14.5 Å². The summed E-state index contributed by atoms with van der Waals surface area (Å²) in [4.78, 5) is 34.8. The van der Waals surface area contributed by atoms with Crippen molar-refractivity contribution in [2.24, 2.45) is 7.05 Å². The zero-order chi connectivity index (χ0) is 17.4. The van der Waals surface area contributed by atoms with E-state index >= 15 is 0 Å². The minimum absolute atomic E-state index is 0.0567. The monoisotopic (exact) mass is 380 g/mol. The molecule has 0 saturated carbocycles. The van der Waals surface area contributed by atoms with E-state index in [1.807, 2.05) is 19.9 Å². The second kappa shape index (κ2) is 6.66. The van der Waals surface area contributed by atoms with Crippen molar-refractivity contribution in [1.29, 1.82) is 0 Å². The smallest absolute Gasteiger partial charge is 0.262 e. The number of nitrogens with zero attached hydrogens (tertiary/aromatic N) is 3. The fraction of sp³-hybridized carbons (Fsp3) is 0.333. The number of anilines is 1. The first-order valence-corrected chi connectivity index (χ1v) is 9.81. The number of aryl methyl sites for hydroxylation is 3. The van der Waals surface area contributed by atoms with E-state index in [4.69, 9.17) is 0 Å². The molecule has 0 aliphatic carbocycles. The van der Waals surface area contributed by atoms with Gasteiger partial charge in [0.15, 0.2) is 5.13 Å². The molecule has 0 aliphatic heterocycles. The Hall–Kier alpha value is -1.71. The lowest BCUT2D eigenvalue weighted by atomic mass is 10.4. The summed E-state index contributed by atoms with van der Waals surface area (Å²) in [5.74, 6) is 0.838. The number of hydrogen-bond acceptors (Lipinski definition) is 7. The molecule has 0 radical (unpaired) electrons. The quantitative estimate of drug-likeness (QED) is 0.704. The van der Waals surface area contributed by atoms with Gasteiger partial charge >= 0.3 is 0 Å². The zero-order valence-electron chi connectivity index (χ0n) is 13.7. The number of thiophene rings is 1. The van der Waals surface area contributed by atoms with Gasteiger partial charge in [0.25, 0.3) is 5.56 Å². The molecule has 126 valence electrons. The highest BCUT2D eigenvalue weighted by Gasteiger charge is 2.13. The number of thioether (sulfide) groups is 1. The predicted molar refractivity (Wildman–Crippen MR) is 101 cm³/mol. The molecule has 1 amide bonds. The normalized spacial score (nSPS) is 11.2. The van der Waals surface area contributed by atoms with Crippen LogP contribution in [0.5, 0.6) is 0 Å². The third-order valence-corrected chi connectivity index (χ3v) is 6.82. The van der Waals surface area contributed by atoms with Gasteiger partial charge in [-0.1, -0.05) is 0 Å². The van der Waals surface area contributed by atoms with Crippen molar-refractivity contribution >= 4 is 55.7 Å². The summed E-state index contributed by atoms with van der Waals surface area (Å²) in [5.41, 5.74) is 0.878. The molecule has 3 aromatic heterocycles. The van der Waals surface area contributed by atoms with Crippen molar-refractivity contribution < 1.29 is 4.79 Å². The summed E-state index contributed by atoms with van der Waals surface area (Å²) in [6, 6.07) is 1.81. The minimum Gasteiger partial charge on any atom is -0.301 e. The standard InChI is InChI=1S/C15H16N4O2S3/c1-7-8(2)23-15(16-7)18-11(20)6-22-12-5-10-13(24-12)17-9(3)19(4)14(10)21/h5H,6H2,1-4H3,(H,16,18,20). The summed E-state index contributed by atoms with van der Waals surface area (Å²) in [6.45, 7) is 5.70. The number of nitrogens with one attached hydrogen (secondary N) is 1. The highest BCUT2D eigenvalue weighted by molar-refractivity contribution is 8.01. The Morgan fingerprint density at radius 3 is 2.71 bits per heavy atom. The summed E-state index contributed by atoms with van der Waals surface area (Å²) in [6.07, 6.45) is 0. The summed E-state index contributed by atoms with van der Waals surface area (Å²) in [7, 11) is 1.71. The topological polar surface area (TPSA) is 76.9 Å². The van der Waals surface area contributed by atoms with Crippen LogP contribution in [0.25, 0.3) is 10.2 Å². The zero-order valence-corrected chi connectivity index (χ0v) is 16.1. The highest BCUT2D eigenvalue weighted by atomic mass is 32.2. The molecule has 24 heavy (non-hydrogen) atoms. The molecule has 0 aromatic carbocycles. The molecule has 6 nitrogen and oxygen atoms in total. The van der Waals surface area contributed by atoms with Gasteiger partial charge in [-0.25, -0.2) is 9.97 Å². The number of hydrogen-bond donors (Lipinski definition) is 1. The highest BCUT2D eigenvalue weighted by Crippen LogP contribution is 2.30. The lowest BCUT2D eigenvalue weighted by Crippen LogP contribution is -2.19.